The SMILES string of the molecule is FC(F)(F)c1ccccc1NC1=NC=NC2NC=NC12. The van der Waals surface area contributed by atoms with E-state index in [4.69, 9.17) is 0 Å². The second kappa shape index (κ2) is 4.62. The van der Waals surface area contributed by atoms with Crippen LogP contribution in [0.15, 0.2) is 39.2 Å². The van der Waals surface area contributed by atoms with E-state index in [1.54, 1.807) is 0 Å². The molecule has 0 radical (unpaired) electrons. The number of hydrogen-bond acceptors (Lipinski definition) is 5. The molecule has 8 heteroatoms. The molecule has 2 heterocycles. The number of amidine groups is 1. The average molecular weight is 281 g/mol. The molecular weight excluding hydrogens is 271 g/mol. The third-order valence-corrected chi connectivity index (χ3v) is 2.98. The van der Waals surface area contributed by atoms with Gasteiger partial charge in [-0.05, 0) is 12.1 Å². The Hall–Kier alpha value is -2.38. The van der Waals surface area contributed by atoms with Crippen molar-refractivity contribution in [3.63, 3.8) is 0 Å². The first-order chi connectivity index (χ1) is 9.55. The summed E-state index contributed by atoms with van der Waals surface area (Å²) < 4.78 is 38.8. The molecule has 0 fully saturated rings. The van der Waals surface area contributed by atoms with Crippen LogP contribution in [0.5, 0.6) is 0 Å². The summed E-state index contributed by atoms with van der Waals surface area (Å²) in [4.78, 5) is 12.1. The van der Waals surface area contributed by atoms with E-state index in [2.05, 4.69) is 25.6 Å². The molecule has 0 aliphatic carbocycles. The van der Waals surface area contributed by atoms with Crippen LogP contribution in [0.4, 0.5) is 18.9 Å². The molecule has 1 aromatic rings. The Labute approximate surface area is 112 Å². The summed E-state index contributed by atoms with van der Waals surface area (Å²) in [7, 11) is 0. The summed E-state index contributed by atoms with van der Waals surface area (Å²) in [5.41, 5.74) is -0.786. The first-order valence-electron chi connectivity index (χ1n) is 5.86. The number of anilines is 1. The van der Waals surface area contributed by atoms with Crippen molar-refractivity contribution in [3.05, 3.63) is 29.8 Å². The lowest BCUT2D eigenvalue weighted by Gasteiger charge is -2.22. The third-order valence-electron chi connectivity index (χ3n) is 2.98. The molecule has 0 spiro atoms. The van der Waals surface area contributed by atoms with Crippen molar-refractivity contribution in [1.29, 1.82) is 0 Å². The van der Waals surface area contributed by atoms with Crippen molar-refractivity contribution in [2.75, 3.05) is 5.32 Å². The van der Waals surface area contributed by atoms with Crippen LogP contribution in [-0.2, 0) is 6.18 Å². The molecule has 5 nitrogen and oxygen atoms in total. The molecule has 2 N–H and O–H groups in total. The highest BCUT2D eigenvalue weighted by Gasteiger charge is 2.35. The summed E-state index contributed by atoms with van der Waals surface area (Å²) in [6, 6.07) is 4.83. The quantitative estimate of drug-likeness (QED) is 0.825. The Bertz CT molecular complexity index is 605. The van der Waals surface area contributed by atoms with Crippen molar-refractivity contribution in [2.45, 2.75) is 18.4 Å². The van der Waals surface area contributed by atoms with Gasteiger partial charge in [0.1, 0.15) is 18.2 Å². The molecule has 2 unspecified atom stereocenters. The fraction of sp³-hybridized carbons (Fsp3) is 0.250. The van der Waals surface area contributed by atoms with E-state index in [1.807, 2.05) is 0 Å². The van der Waals surface area contributed by atoms with Crippen molar-refractivity contribution >= 4 is 24.2 Å². The number of nitrogens with one attached hydrogen (secondary N) is 2. The van der Waals surface area contributed by atoms with Crippen LogP contribution in [0.25, 0.3) is 0 Å². The van der Waals surface area contributed by atoms with E-state index in [9.17, 15) is 13.2 Å². The number of benzene rings is 1. The number of nitrogens with zero attached hydrogens (tertiary/aromatic N) is 3. The summed E-state index contributed by atoms with van der Waals surface area (Å²) >= 11 is 0. The first-order valence-corrected chi connectivity index (χ1v) is 5.86. The highest BCUT2D eigenvalue weighted by molar-refractivity contribution is 6.06. The molecule has 3 rings (SSSR count). The summed E-state index contributed by atoms with van der Waals surface area (Å²) in [6.07, 6.45) is -1.96. The maximum absolute atomic E-state index is 12.9. The smallest absolute Gasteiger partial charge is 0.353 e. The lowest BCUT2D eigenvalue weighted by Crippen LogP contribution is -2.41. The van der Waals surface area contributed by atoms with E-state index < -0.39 is 17.8 Å². The van der Waals surface area contributed by atoms with E-state index in [-0.39, 0.29) is 11.9 Å². The standard InChI is InChI=1S/C12H10F3N5/c13-12(14,15)7-3-1-2-4-8(7)20-11-9-10(17-5-16-9)18-6-19-11/h1-6,9-10H,(H,16,17)(H,18,19,20). The minimum Gasteiger partial charge on any atom is -0.353 e. The molecule has 0 saturated heterocycles. The summed E-state index contributed by atoms with van der Waals surface area (Å²) in [6.45, 7) is 0. The number of rotatable bonds is 1. The second-order valence-electron chi connectivity index (χ2n) is 4.28. The van der Waals surface area contributed by atoms with E-state index in [0.717, 1.165) is 6.07 Å². The number of fused-ring (bicyclic) bond motifs is 1. The number of para-hydroxylation sites is 1. The summed E-state index contributed by atoms with van der Waals surface area (Å²) in [5, 5.41) is 5.60. The number of aliphatic imine (C=N–C) groups is 3. The van der Waals surface area contributed by atoms with Gasteiger partial charge in [-0.2, -0.15) is 13.2 Å². The molecule has 2 aliphatic heterocycles. The van der Waals surface area contributed by atoms with Gasteiger partial charge < -0.3 is 10.6 Å². The maximum Gasteiger partial charge on any atom is 0.418 e. The fourth-order valence-corrected chi connectivity index (χ4v) is 2.04. The van der Waals surface area contributed by atoms with Gasteiger partial charge in [0.15, 0.2) is 6.17 Å². The Balaban J connectivity index is 1.90. The van der Waals surface area contributed by atoms with Gasteiger partial charge in [-0.15, -0.1) is 0 Å². The molecule has 104 valence electrons. The summed E-state index contributed by atoms with van der Waals surface area (Å²) in [5.74, 6) is 0.336. The minimum atomic E-state index is -4.43. The predicted molar refractivity (Wildman–Crippen MR) is 70.2 cm³/mol. The number of hydrogen-bond donors (Lipinski definition) is 2. The predicted octanol–water partition coefficient (Wildman–Crippen LogP) is 1.88. The molecule has 0 bridgehead atoms. The largest absolute Gasteiger partial charge is 0.418 e. The Morgan fingerprint density at radius 1 is 1.15 bits per heavy atom. The molecular formula is C12H10F3N5. The highest BCUT2D eigenvalue weighted by Crippen LogP contribution is 2.34. The molecule has 2 atom stereocenters. The fourth-order valence-electron chi connectivity index (χ4n) is 2.04. The first kappa shape index (κ1) is 12.6. The van der Waals surface area contributed by atoms with Crippen LogP contribution in [0.2, 0.25) is 0 Å². The van der Waals surface area contributed by atoms with Crippen LogP contribution in [0.1, 0.15) is 5.56 Å². The molecule has 0 amide bonds. The van der Waals surface area contributed by atoms with E-state index in [0.29, 0.717) is 5.84 Å². The molecule has 0 aromatic heterocycles. The van der Waals surface area contributed by atoms with Crippen LogP contribution >= 0.6 is 0 Å². The number of alkyl halides is 3. The van der Waals surface area contributed by atoms with Crippen molar-refractivity contribution in [1.82, 2.24) is 5.32 Å². The van der Waals surface area contributed by atoms with Gasteiger partial charge in [-0.25, -0.2) is 9.98 Å². The van der Waals surface area contributed by atoms with Gasteiger partial charge in [0.2, 0.25) is 0 Å². The normalized spacial score (nSPS) is 24.1. The van der Waals surface area contributed by atoms with E-state index in [1.165, 1.54) is 30.9 Å². The lowest BCUT2D eigenvalue weighted by molar-refractivity contribution is -0.136. The average Bonchev–Trinajstić information content (AvgIpc) is 2.87. The van der Waals surface area contributed by atoms with Gasteiger partial charge >= 0.3 is 6.18 Å². The van der Waals surface area contributed by atoms with Gasteiger partial charge in [0.05, 0.1) is 17.6 Å². The molecule has 1 aromatic carbocycles. The maximum atomic E-state index is 12.9. The third kappa shape index (κ3) is 2.24. The molecule has 0 saturated carbocycles. The number of halogens is 3. The van der Waals surface area contributed by atoms with Crippen molar-refractivity contribution in [3.8, 4) is 0 Å². The van der Waals surface area contributed by atoms with Gasteiger partial charge in [0.25, 0.3) is 0 Å². The van der Waals surface area contributed by atoms with Gasteiger partial charge in [-0.3, -0.25) is 4.99 Å². The van der Waals surface area contributed by atoms with Gasteiger partial charge in [0, 0.05) is 0 Å². The zero-order valence-electron chi connectivity index (χ0n) is 10.1. The monoisotopic (exact) mass is 281 g/mol. The zero-order chi connectivity index (χ0) is 14.2. The Kier molecular flexibility index (Phi) is 2.92. The van der Waals surface area contributed by atoms with Crippen LogP contribution in [-0.4, -0.2) is 30.7 Å². The molecule has 2 aliphatic rings. The zero-order valence-corrected chi connectivity index (χ0v) is 10.1. The minimum absolute atomic E-state index is 0.0464. The van der Waals surface area contributed by atoms with Crippen LogP contribution < -0.4 is 10.6 Å². The Morgan fingerprint density at radius 2 is 1.95 bits per heavy atom. The van der Waals surface area contributed by atoms with Crippen LogP contribution in [0.3, 0.4) is 0 Å². The molecule has 20 heavy (non-hydrogen) atoms. The Morgan fingerprint density at radius 3 is 2.75 bits per heavy atom. The second-order valence-corrected chi connectivity index (χ2v) is 4.28. The van der Waals surface area contributed by atoms with Gasteiger partial charge in [-0.1, -0.05) is 12.1 Å². The van der Waals surface area contributed by atoms with Crippen LogP contribution in [0, 0.1) is 0 Å². The topological polar surface area (TPSA) is 61.1 Å². The van der Waals surface area contributed by atoms with Crippen molar-refractivity contribution in [2.24, 2.45) is 15.0 Å². The van der Waals surface area contributed by atoms with Crippen molar-refractivity contribution < 1.29 is 13.2 Å². The van der Waals surface area contributed by atoms with E-state index >= 15 is 0 Å². The lowest BCUT2D eigenvalue weighted by atomic mass is 10.1. The highest BCUT2D eigenvalue weighted by atomic mass is 19.4.